The van der Waals surface area contributed by atoms with Crippen molar-refractivity contribution in [2.75, 3.05) is 18.1 Å². The second-order valence-corrected chi connectivity index (χ2v) is 9.18. The summed E-state index contributed by atoms with van der Waals surface area (Å²) in [4.78, 5) is 2.22. The lowest BCUT2D eigenvalue weighted by Crippen LogP contribution is -2.55. The predicted octanol–water partition coefficient (Wildman–Crippen LogP) is 0.550. The summed E-state index contributed by atoms with van der Waals surface area (Å²) in [6.07, 6.45) is 6.31. The van der Waals surface area contributed by atoms with Crippen molar-refractivity contribution in [3.05, 3.63) is 0 Å². The van der Waals surface area contributed by atoms with E-state index in [2.05, 4.69) is 4.90 Å². The highest BCUT2D eigenvalue weighted by Crippen LogP contribution is 2.36. The lowest BCUT2D eigenvalue weighted by atomic mass is 9.77. The number of piperidine rings is 1. The van der Waals surface area contributed by atoms with Crippen molar-refractivity contribution >= 4 is 9.84 Å². The van der Waals surface area contributed by atoms with E-state index < -0.39 is 15.9 Å². The summed E-state index contributed by atoms with van der Waals surface area (Å²) in [5.74, 6) is 0.219. The molecule has 3 rings (SSSR count). The van der Waals surface area contributed by atoms with E-state index in [1.54, 1.807) is 0 Å². The minimum absolute atomic E-state index is 0.0769. The second kappa shape index (κ2) is 6.14. The molecule has 3 fully saturated rings. The van der Waals surface area contributed by atoms with Crippen molar-refractivity contribution in [2.24, 2.45) is 5.92 Å². The number of aliphatic hydroxyl groups is 2. The van der Waals surface area contributed by atoms with Crippen LogP contribution >= 0.6 is 0 Å². The molecule has 1 saturated carbocycles. The SMILES string of the molecule is O=S1(=O)CC(O)C(N2CCCCC2C2CCCCC2O)C1. The number of sulfone groups is 1. The number of likely N-dealkylation sites (tertiary alicyclic amines) is 1. The van der Waals surface area contributed by atoms with Crippen LogP contribution in [0.4, 0.5) is 0 Å². The zero-order valence-corrected chi connectivity index (χ0v) is 13.3. The van der Waals surface area contributed by atoms with E-state index in [0.29, 0.717) is 0 Å². The molecule has 0 bridgehead atoms. The molecule has 3 aliphatic rings. The maximum Gasteiger partial charge on any atom is 0.154 e. The first kappa shape index (κ1) is 15.7. The molecule has 0 spiro atoms. The standard InChI is InChI=1S/C15H27NO4S/c17-14-7-2-1-5-11(14)12-6-3-4-8-16(12)13-9-21(19,20)10-15(13)18/h11-15,17-18H,1-10H2. The van der Waals surface area contributed by atoms with Gasteiger partial charge in [-0.2, -0.15) is 0 Å². The molecular formula is C15H27NO4S. The zero-order chi connectivity index (χ0) is 15.0. The van der Waals surface area contributed by atoms with Gasteiger partial charge >= 0.3 is 0 Å². The predicted molar refractivity (Wildman–Crippen MR) is 80.8 cm³/mol. The van der Waals surface area contributed by atoms with Gasteiger partial charge in [-0.05, 0) is 32.2 Å². The van der Waals surface area contributed by atoms with Crippen LogP contribution in [0, 0.1) is 5.92 Å². The van der Waals surface area contributed by atoms with Crippen molar-refractivity contribution in [3.63, 3.8) is 0 Å². The van der Waals surface area contributed by atoms with Crippen molar-refractivity contribution in [3.8, 4) is 0 Å². The number of rotatable bonds is 2. The normalized spacial score (nSPS) is 44.8. The number of aliphatic hydroxyl groups excluding tert-OH is 2. The zero-order valence-electron chi connectivity index (χ0n) is 12.5. The maximum absolute atomic E-state index is 11.8. The first-order valence-corrected chi connectivity index (χ1v) is 10.1. The van der Waals surface area contributed by atoms with E-state index in [1.165, 1.54) is 0 Å². The van der Waals surface area contributed by atoms with Crippen molar-refractivity contribution in [2.45, 2.75) is 69.2 Å². The first-order chi connectivity index (χ1) is 9.98. The molecule has 1 aliphatic carbocycles. The monoisotopic (exact) mass is 317 g/mol. The van der Waals surface area contributed by atoms with E-state index in [4.69, 9.17) is 0 Å². The van der Waals surface area contributed by atoms with Crippen LogP contribution in [0.5, 0.6) is 0 Å². The number of hydrogen-bond acceptors (Lipinski definition) is 5. The molecule has 0 aromatic carbocycles. The molecular weight excluding hydrogens is 290 g/mol. The first-order valence-electron chi connectivity index (χ1n) is 8.30. The summed E-state index contributed by atoms with van der Waals surface area (Å²) in [5.41, 5.74) is 0. The highest BCUT2D eigenvalue weighted by Gasteiger charge is 2.45. The van der Waals surface area contributed by atoms with Crippen molar-refractivity contribution < 1.29 is 18.6 Å². The van der Waals surface area contributed by atoms with Crippen LogP contribution in [-0.4, -0.2) is 65.9 Å². The van der Waals surface area contributed by atoms with Crippen LogP contribution in [0.25, 0.3) is 0 Å². The van der Waals surface area contributed by atoms with E-state index in [9.17, 15) is 18.6 Å². The Labute approximate surface area is 127 Å². The lowest BCUT2D eigenvalue weighted by molar-refractivity contribution is -0.0379. The molecule has 0 amide bonds. The summed E-state index contributed by atoms with van der Waals surface area (Å²) >= 11 is 0. The Bertz CT molecular complexity index is 466. The molecule has 5 nitrogen and oxygen atoms in total. The summed E-state index contributed by atoms with van der Waals surface area (Å²) in [6, 6.07) is -0.0311. The van der Waals surface area contributed by atoms with Gasteiger partial charge in [-0.25, -0.2) is 8.42 Å². The fourth-order valence-corrected chi connectivity index (χ4v) is 6.38. The highest BCUT2D eigenvalue weighted by atomic mass is 32.2. The molecule has 0 radical (unpaired) electrons. The van der Waals surface area contributed by atoms with Gasteiger partial charge in [0.25, 0.3) is 0 Å². The van der Waals surface area contributed by atoms with Crippen LogP contribution in [0.3, 0.4) is 0 Å². The molecule has 2 N–H and O–H groups in total. The Balaban J connectivity index is 1.78. The van der Waals surface area contributed by atoms with Gasteiger partial charge in [0, 0.05) is 12.0 Å². The molecule has 0 aromatic rings. The van der Waals surface area contributed by atoms with Crippen molar-refractivity contribution in [1.82, 2.24) is 4.90 Å². The highest BCUT2D eigenvalue weighted by molar-refractivity contribution is 7.91. The molecule has 122 valence electrons. The second-order valence-electron chi connectivity index (χ2n) is 7.03. The minimum atomic E-state index is -3.12. The fraction of sp³-hybridized carbons (Fsp3) is 1.00. The summed E-state index contributed by atoms with van der Waals surface area (Å²) in [7, 11) is -3.12. The van der Waals surface area contributed by atoms with Crippen LogP contribution in [0.15, 0.2) is 0 Å². The third-order valence-electron chi connectivity index (χ3n) is 5.59. The van der Waals surface area contributed by atoms with E-state index in [-0.39, 0.29) is 35.6 Å². The van der Waals surface area contributed by atoms with Gasteiger partial charge in [-0.1, -0.05) is 19.3 Å². The minimum Gasteiger partial charge on any atom is -0.393 e. The van der Waals surface area contributed by atoms with E-state index in [0.717, 1.165) is 51.5 Å². The van der Waals surface area contributed by atoms with Crippen LogP contribution in [-0.2, 0) is 9.84 Å². The Morgan fingerprint density at radius 3 is 2.19 bits per heavy atom. The molecule has 2 aliphatic heterocycles. The topological polar surface area (TPSA) is 77.8 Å². The van der Waals surface area contributed by atoms with Crippen LogP contribution in [0.1, 0.15) is 44.9 Å². The molecule has 21 heavy (non-hydrogen) atoms. The maximum atomic E-state index is 11.8. The average Bonchev–Trinajstić information content (AvgIpc) is 2.72. The smallest absolute Gasteiger partial charge is 0.154 e. The molecule has 5 unspecified atom stereocenters. The van der Waals surface area contributed by atoms with Gasteiger partial charge < -0.3 is 10.2 Å². The Hall–Kier alpha value is -0.170. The summed E-state index contributed by atoms with van der Waals surface area (Å²) < 4.78 is 23.6. The number of hydrogen-bond donors (Lipinski definition) is 2. The van der Waals surface area contributed by atoms with Gasteiger partial charge in [-0.3, -0.25) is 4.90 Å². The number of nitrogens with zero attached hydrogens (tertiary/aromatic N) is 1. The quantitative estimate of drug-likeness (QED) is 0.778. The molecule has 2 saturated heterocycles. The third kappa shape index (κ3) is 3.28. The Kier molecular flexibility index (Phi) is 4.60. The molecule has 0 aromatic heterocycles. The van der Waals surface area contributed by atoms with Gasteiger partial charge in [0.05, 0.1) is 29.8 Å². The van der Waals surface area contributed by atoms with Gasteiger partial charge in [0.2, 0.25) is 0 Å². The van der Waals surface area contributed by atoms with Gasteiger partial charge in [0.1, 0.15) is 0 Å². The third-order valence-corrected chi connectivity index (χ3v) is 7.29. The van der Waals surface area contributed by atoms with E-state index in [1.807, 2.05) is 0 Å². The molecule has 2 heterocycles. The van der Waals surface area contributed by atoms with Gasteiger partial charge in [-0.15, -0.1) is 0 Å². The molecule has 6 heteroatoms. The Morgan fingerprint density at radius 2 is 1.52 bits per heavy atom. The van der Waals surface area contributed by atoms with Crippen LogP contribution in [0.2, 0.25) is 0 Å². The lowest BCUT2D eigenvalue weighted by Gasteiger charge is -2.46. The largest absolute Gasteiger partial charge is 0.393 e. The Morgan fingerprint density at radius 1 is 0.810 bits per heavy atom. The van der Waals surface area contributed by atoms with E-state index >= 15 is 0 Å². The summed E-state index contributed by atoms with van der Waals surface area (Å²) in [5, 5.41) is 20.5. The average molecular weight is 317 g/mol. The van der Waals surface area contributed by atoms with Crippen LogP contribution < -0.4 is 0 Å². The van der Waals surface area contributed by atoms with Crippen molar-refractivity contribution in [1.29, 1.82) is 0 Å². The molecule has 5 atom stereocenters. The summed E-state index contributed by atoms with van der Waals surface area (Å²) in [6.45, 7) is 0.852. The van der Waals surface area contributed by atoms with Gasteiger partial charge in [0.15, 0.2) is 9.84 Å². The fourth-order valence-electron chi connectivity index (χ4n) is 4.57.